The van der Waals surface area contributed by atoms with Gasteiger partial charge in [-0.15, -0.1) is 0 Å². The Morgan fingerprint density at radius 2 is 2.40 bits per heavy atom. The first-order chi connectivity index (χ1) is 7.15. The van der Waals surface area contributed by atoms with Crippen LogP contribution < -0.4 is 5.73 Å². The van der Waals surface area contributed by atoms with E-state index in [4.69, 9.17) is 10.5 Å². The molecular weight excluding hydrogens is 192 g/mol. The lowest BCUT2D eigenvalue weighted by Gasteiger charge is -2.28. The Bertz CT molecular complexity index is 295. The van der Waals surface area contributed by atoms with Crippen molar-refractivity contribution in [3.8, 4) is 0 Å². The van der Waals surface area contributed by atoms with Gasteiger partial charge in [0.1, 0.15) is 0 Å². The van der Waals surface area contributed by atoms with Crippen LogP contribution >= 0.6 is 0 Å². The number of hydrogen-bond acceptors (Lipinski definition) is 3. The van der Waals surface area contributed by atoms with Crippen molar-refractivity contribution in [2.24, 2.45) is 5.73 Å². The van der Waals surface area contributed by atoms with Gasteiger partial charge in [0, 0.05) is 20.2 Å². The molecule has 2 aliphatic rings. The van der Waals surface area contributed by atoms with Gasteiger partial charge in [-0.3, -0.25) is 4.79 Å². The van der Waals surface area contributed by atoms with E-state index in [1.807, 2.05) is 4.90 Å². The van der Waals surface area contributed by atoms with E-state index in [1.54, 1.807) is 7.11 Å². The lowest BCUT2D eigenvalue weighted by atomic mass is 10.1. The fourth-order valence-corrected chi connectivity index (χ4v) is 1.88. The molecule has 15 heavy (non-hydrogen) atoms. The van der Waals surface area contributed by atoms with E-state index in [0.29, 0.717) is 13.2 Å². The molecule has 0 radical (unpaired) electrons. The van der Waals surface area contributed by atoms with Crippen LogP contribution in [-0.4, -0.2) is 43.2 Å². The zero-order chi connectivity index (χ0) is 10.9. The summed E-state index contributed by atoms with van der Waals surface area (Å²) < 4.78 is 5.06. The standard InChI is InChI=1S/C11H18N2O2/c1-15-8-9-2-6-13(7-3-9)10(14)11(12)4-5-11/h2H,3-8,12H2,1H3. The van der Waals surface area contributed by atoms with Gasteiger partial charge in [-0.25, -0.2) is 0 Å². The molecule has 4 heteroatoms. The molecule has 0 aromatic rings. The first kappa shape index (κ1) is 10.6. The third kappa shape index (κ3) is 2.21. The lowest BCUT2D eigenvalue weighted by Crippen LogP contribution is -2.47. The molecule has 1 aliphatic heterocycles. The van der Waals surface area contributed by atoms with Gasteiger partial charge in [0.25, 0.3) is 0 Å². The molecule has 0 unspecified atom stereocenters. The minimum atomic E-state index is -0.521. The number of nitrogens with zero attached hydrogens (tertiary/aromatic N) is 1. The van der Waals surface area contributed by atoms with Gasteiger partial charge in [-0.05, 0) is 24.8 Å². The van der Waals surface area contributed by atoms with E-state index < -0.39 is 5.54 Å². The zero-order valence-corrected chi connectivity index (χ0v) is 9.16. The second kappa shape index (κ2) is 3.94. The maximum atomic E-state index is 11.9. The van der Waals surface area contributed by atoms with E-state index in [1.165, 1.54) is 5.57 Å². The highest BCUT2D eigenvalue weighted by Crippen LogP contribution is 2.34. The van der Waals surface area contributed by atoms with Crippen molar-refractivity contribution in [1.29, 1.82) is 0 Å². The molecular formula is C11H18N2O2. The van der Waals surface area contributed by atoms with Crippen molar-refractivity contribution >= 4 is 5.91 Å². The van der Waals surface area contributed by atoms with Crippen LogP contribution in [0.5, 0.6) is 0 Å². The summed E-state index contributed by atoms with van der Waals surface area (Å²) >= 11 is 0. The average molecular weight is 210 g/mol. The number of carbonyl (C=O) groups excluding carboxylic acids is 1. The predicted molar refractivity (Wildman–Crippen MR) is 57.3 cm³/mol. The van der Waals surface area contributed by atoms with Crippen molar-refractivity contribution in [2.45, 2.75) is 24.8 Å². The monoisotopic (exact) mass is 210 g/mol. The molecule has 2 N–H and O–H groups in total. The number of hydrogen-bond donors (Lipinski definition) is 1. The summed E-state index contributed by atoms with van der Waals surface area (Å²) in [5.41, 5.74) is 6.64. The number of nitrogens with two attached hydrogens (primary N) is 1. The molecule has 0 saturated heterocycles. The van der Waals surface area contributed by atoms with E-state index in [0.717, 1.165) is 25.8 Å². The summed E-state index contributed by atoms with van der Waals surface area (Å²) in [6, 6.07) is 0. The van der Waals surface area contributed by atoms with Gasteiger partial charge in [0.15, 0.2) is 0 Å². The summed E-state index contributed by atoms with van der Waals surface area (Å²) in [6.07, 6.45) is 4.68. The smallest absolute Gasteiger partial charge is 0.242 e. The molecule has 0 aromatic carbocycles. The Morgan fingerprint density at radius 3 is 2.87 bits per heavy atom. The van der Waals surface area contributed by atoms with Crippen LogP contribution in [0.25, 0.3) is 0 Å². The van der Waals surface area contributed by atoms with Crippen molar-refractivity contribution in [2.75, 3.05) is 26.8 Å². The molecule has 1 heterocycles. The number of ether oxygens (including phenoxy) is 1. The van der Waals surface area contributed by atoms with Crippen LogP contribution in [-0.2, 0) is 9.53 Å². The van der Waals surface area contributed by atoms with Crippen LogP contribution in [0.4, 0.5) is 0 Å². The van der Waals surface area contributed by atoms with Crippen LogP contribution in [0.15, 0.2) is 11.6 Å². The van der Waals surface area contributed by atoms with Crippen molar-refractivity contribution in [1.82, 2.24) is 4.90 Å². The molecule has 2 rings (SSSR count). The highest BCUT2D eigenvalue weighted by atomic mass is 16.5. The molecule has 4 nitrogen and oxygen atoms in total. The van der Waals surface area contributed by atoms with E-state index in [2.05, 4.69) is 6.08 Å². The summed E-state index contributed by atoms with van der Waals surface area (Å²) in [4.78, 5) is 13.7. The van der Waals surface area contributed by atoms with Crippen molar-refractivity contribution in [3.05, 3.63) is 11.6 Å². The molecule has 0 atom stereocenters. The number of methoxy groups -OCH3 is 1. The van der Waals surface area contributed by atoms with E-state index in [9.17, 15) is 4.79 Å². The second-order valence-corrected chi connectivity index (χ2v) is 4.45. The zero-order valence-electron chi connectivity index (χ0n) is 9.16. The maximum absolute atomic E-state index is 11.9. The van der Waals surface area contributed by atoms with Gasteiger partial charge < -0.3 is 15.4 Å². The van der Waals surface area contributed by atoms with E-state index in [-0.39, 0.29) is 5.91 Å². The van der Waals surface area contributed by atoms with Crippen LogP contribution in [0.3, 0.4) is 0 Å². The Hall–Kier alpha value is -0.870. The van der Waals surface area contributed by atoms with Crippen molar-refractivity contribution in [3.63, 3.8) is 0 Å². The highest BCUT2D eigenvalue weighted by Gasteiger charge is 2.48. The molecule has 0 aromatic heterocycles. The SMILES string of the molecule is COCC1=CCN(C(=O)C2(N)CC2)CC1. The van der Waals surface area contributed by atoms with Gasteiger partial charge >= 0.3 is 0 Å². The largest absolute Gasteiger partial charge is 0.380 e. The van der Waals surface area contributed by atoms with Crippen LogP contribution in [0.2, 0.25) is 0 Å². The minimum absolute atomic E-state index is 0.121. The molecule has 1 fully saturated rings. The lowest BCUT2D eigenvalue weighted by molar-refractivity contribution is -0.133. The van der Waals surface area contributed by atoms with Crippen molar-refractivity contribution < 1.29 is 9.53 Å². The Kier molecular flexibility index (Phi) is 2.80. The van der Waals surface area contributed by atoms with Gasteiger partial charge in [0.2, 0.25) is 5.91 Å². The Labute approximate surface area is 90.1 Å². The second-order valence-electron chi connectivity index (χ2n) is 4.45. The van der Waals surface area contributed by atoms with Gasteiger partial charge in [0.05, 0.1) is 12.1 Å². The average Bonchev–Trinajstić information content (AvgIpc) is 2.99. The normalized spacial score (nSPS) is 23.6. The molecule has 1 aliphatic carbocycles. The predicted octanol–water partition coefficient (Wildman–Crippen LogP) is 0.283. The number of carbonyl (C=O) groups is 1. The first-order valence-corrected chi connectivity index (χ1v) is 5.41. The fourth-order valence-electron chi connectivity index (χ4n) is 1.88. The topological polar surface area (TPSA) is 55.6 Å². The Balaban J connectivity index is 1.90. The molecule has 1 amide bonds. The number of rotatable bonds is 3. The molecule has 0 spiro atoms. The first-order valence-electron chi connectivity index (χ1n) is 5.41. The van der Waals surface area contributed by atoms with Gasteiger partial charge in [-0.1, -0.05) is 6.08 Å². The third-order valence-corrected chi connectivity index (χ3v) is 3.13. The molecule has 84 valence electrons. The van der Waals surface area contributed by atoms with Crippen LogP contribution in [0.1, 0.15) is 19.3 Å². The van der Waals surface area contributed by atoms with E-state index >= 15 is 0 Å². The van der Waals surface area contributed by atoms with Crippen LogP contribution in [0, 0.1) is 0 Å². The highest BCUT2D eigenvalue weighted by molar-refractivity contribution is 5.89. The Morgan fingerprint density at radius 1 is 1.67 bits per heavy atom. The quantitative estimate of drug-likeness (QED) is 0.681. The number of amides is 1. The summed E-state index contributed by atoms with van der Waals surface area (Å²) in [5, 5.41) is 0. The maximum Gasteiger partial charge on any atom is 0.242 e. The minimum Gasteiger partial charge on any atom is -0.380 e. The molecule has 1 saturated carbocycles. The van der Waals surface area contributed by atoms with Gasteiger partial charge in [-0.2, -0.15) is 0 Å². The fraction of sp³-hybridized carbons (Fsp3) is 0.727. The summed E-state index contributed by atoms with van der Waals surface area (Å²) in [5.74, 6) is 0.121. The summed E-state index contributed by atoms with van der Waals surface area (Å²) in [7, 11) is 1.69. The summed E-state index contributed by atoms with van der Waals surface area (Å²) in [6.45, 7) is 2.15. The molecule has 0 bridgehead atoms. The third-order valence-electron chi connectivity index (χ3n) is 3.13.